The molecule has 0 atom stereocenters. The number of alkyl halides is 1. The Morgan fingerprint density at radius 2 is 1.68 bits per heavy atom. The lowest BCUT2D eigenvalue weighted by Gasteiger charge is -2.10. The summed E-state index contributed by atoms with van der Waals surface area (Å²) in [7, 11) is 0. The Morgan fingerprint density at radius 3 is 2.42 bits per heavy atom. The number of nitrogens with zero attached hydrogens (tertiary/aromatic N) is 2. The summed E-state index contributed by atoms with van der Waals surface area (Å²) >= 11 is 18.5. The fourth-order valence-corrected chi connectivity index (χ4v) is 2.77. The number of para-hydroxylation sites is 2. The van der Waals surface area contributed by atoms with E-state index in [4.69, 9.17) is 34.8 Å². The number of hydrogen-bond acceptors (Lipinski definition) is 1. The monoisotopic (exact) mass is 310 g/mol. The van der Waals surface area contributed by atoms with Gasteiger partial charge in [-0.3, -0.25) is 4.57 Å². The lowest BCUT2D eigenvalue weighted by atomic mass is 10.2. The van der Waals surface area contributed by atoms with Crippen LogP contribution in [0.4, 0.5) is 0 Å². The number of halogens is 3. The van der Waals surface area contributed by atoms with Gasteiger partial charge in [0.2, 0.25) is 0 Å². The quantitative estimate of drug-likeness (QED) is 0.604. The standard InChI is InChI=1S/C14H9Cl3N2/c15-8-13-18-11-6-3-5-10(17)14(11)19(13)12-7-2-1-4-9(12)16/h1-7H,8H2. The van der Waals surface area contributed by atoms with E-state index in [0.717, 1.165) is 22.5 Å². The van der Waals surface area contributed by atoms with Gasteiger partial charge in [0.25, 0.3) is 0 Å². The zero-order chi connectivity index (χ0) is 13.4. The molecule has 19 heavy (non-hydrogen) atoms. The molecule has 0 saturated heterocycles. The Kier molecular flexibility index (Phi) is 3.40. The third-order valence-corrected chi connectivity index (χ3v) is 3.77. The Bertz CT molecular complexity index is 750. The van der Waals surface area contributed by atoms with Crippen LogP contribution in [0.1, 0.15) is 5.82 Å². The third-order valence-electron chi connectivity index (χ3n) is 2.91. The first-order valence-electron chi connectivity index (χ1n) is 5.69. The van der Waals surface area contributed by atoms with E-state index in [1.54, 1.807) is 0 Å². The normalized spacial score (nSPS) is 11.1. The molecule has 0 aliphatic carbocycles. The summed E-state index contributed by atoms with van der Waals surface area (Å²) in [5.41, 5.74) is 2.46. The maximum Gasteiger partial charge on any atom is 0.129 e. The molecule has 2 nitrogen and oxygen atoms in total. The van der Waals surface area contributed by atoms with Crippen molar-refractivity contribution in [3.05, 3.63) is 58.3 Å². The van der Waals surface area contributed by atoms with Crippen LogP contribution in [0.25, 0.3) is 16.7 Å². The lowest BCUT2D eigenvalue weighted by molar-refractivity contribution is 0.982. The Hall–Kier alpha value is -1.22. The number of benzene rings is 2. The van der Waals surface area contributed by atoms with Gasteiger partial charge in [-0.1, -0.05) is 41.4 Å². The van der Waals surface area contributed by atoms with Crippen molar-refractivity contribution < 1.29 is 0 Å². The van der Waals surface area contributed by atoms with Crippen molar-refractivity contribution in [1.29, 1.82) is 0 Å². The van der Waals surface area contributed by atoms with Crippen LogP contribution in [0.15, 0.2) is 42.5 Å². The van der Waals surface area contributed by atoms with Gasteiger partial charge < -0.3 is 0 Å². The number of hydrogen-bond donors (Lipinski definition) is 0. The molecule has 0 fully saturated rings. The summed E-state index contributed by atoms with van der Waals surface area (Å²) in [5.74, 6) is 1.01. The van der Waals surface area contributed by atoms with Crippen molar-refractivity contribution in [2.75, 3.05) is 0 Å². The SMILES string of the molecule is ClCc1nc2cccc(Cl)c2n1-c1ccccc1Cl. The van der Waals surface area contributed by atoms with Gasteiger partial charge in [-0.15, -0.1) is 11.6 Å². The van der Waals surface area contributed by atoms with Gasteiger partial charge in [0.1, 0.15) is 5.82 Å². The highest BCUT2D eigenvalue weighted by Crippen LogP contribution is 2.31. The van der Waals surface area contributed by atoms with Gasteiger partial charge in [0, 0.05) is 0 Å². The Labute approximate surface area is 125 Å². The van der Waals surface area contributed by atoms with Crippen LogP contribution in [-0.2, 0) is 5.88 Å². The van der Waals surface area contributed by atoms with Gasteiger partial charge in [0.15, 0.2) is 0 Å². The van der Waals surface area contributed by atoms with Crippen LogP contribution in [-0.4, -0.2) is 9.55 Å². The van der Waals surface area contributed by atoms with Gasteiger partial charge in [0.05, 0.1) is 32.6 Å². The highest BCUT2D eigenvalue weighted by molar-refractivity contribution is 6.35. The second kappa shape index (κ2) is 5.04. The average Bonchev–Trinajstić information content (AvgIpc) is 2.79. The molecule has 0 radical (unpaired) electrons. The summed E-state index contributed by atoms with van der Waals surface area (Å²) in [6.07, 6.45) is 0. The van der Waals surface area contributed by atoms with E-state index < -0.39 is 0 Å². The molecule has 0 N–H and O–H groups in total. The number of aromatic nitrogens is 2. The lowest BCUT2D eigenvalue weighted by Crippen LogP contribution is -2.00. The predicted octanol–water partition coefficient (Wildman–Crippen LogP) is 5.07. The summed E-state index contributed by atoms with van der Waals surface area (Å²) in [5, 5.41) is 1.26. The van der Waals surface area contributed by atoms with E-state index in [2.05, 4.69) is 4.98 Å². The molecule has 96 valence electrons. The predicted molar refractivity (Wildman–Crippen MR) is 80.6 cm³/mol. The van der Waals surface area contributed by atoms with Crippen LogP contribution in [0.5, 0.6) is 0 Å². The molecule has 3 rings (SSSR count). The molecule has 0 amide bonds. The summed E-state index contributed by atoms with van der Waals surface area (Å²) in [6, 6.07) is 13.2. The smallest absolute Gasteiger partial charge is 0.129 e. The van der Waals surface area contributed by atoms with Crippen LogP contribution >= 0.6 is 34.8 Å². The highest BCUT2D eigenvalue weighted by atomic mass is 35.5. The minimum atomic E-state index is 0.288. The molecule has 5 heteroatoms. The van der Waals surface area contributed by atoms with Crippen LogP contribution < -0.4 is 0 Å². The van der Waals surface area contributed by atoms with E-state index in [-0.39, 0.29) is 5.88 Å². The summed E-state index contributed by atoms with van der Waals surface area (Å²) in [4.78, 5) is 4.50. The Morgan fingerprint density at radius 1 is 0.947 bits per heavy atom. The topological polar surface area (TPSA) is 17.8 Å². The molecule has 0 spiro atoms. The minimum absolute atomic E-state index is 0.288. The zero-order valence-corrected chi connectivity index (χ0v) is 12.0. The van der Waals surface area contributed by atoms with E-state index in [0.29, 0.717) is 10.0 Å². The number of fused-ring (bicyclic) bond motifs is 1. The first-order chi connectivity index (χ1) is 9.22. The molecule has 0 bridgehead atoms. The zero-order valence-electron chi connectivity index (χ0n) is 9.78. The third kappa shape index (κ3) is 2.10. The van der Waals surface area contributed by atoms with Crippen molar-refractivity contribution >= 4 is 45.8 Å². The van der Waals surface area contributed by atoms with Gasteiger partial charge in [-0.2, -0.15) is 0 Å². The average molecular weight is 312 g/mol. The van der Waals surface area contributed by atoms with Crippen molar-refractivity contribution in [3.63, 3.8) is 0 Å². The summed E-state index contributed by atoms with van der Waals surface area (Å²) < 4.78 is 1.91. The van der Waals surface area contributed by atoms with Gasteiger partial charge in [-0.25, -0.2) is 4.98 Å². The molecular weight excluding hydrogens is 303 g/mol. The van der Waals surface area contributed by atoms with Crippen LogP contribution in [0, 0.1) is 0 Å². The minimum Gasteiger partial charge on any atom is -0.292 e. The number of rotatable bonds is 2. The molecule has 1 heterocycles. The molecule has 0 saturated carbocycles. The van der Waals surface area contributed by atoms with Crippen molar-refractivity contribution in [2.24, 2.45) is 0 Å². The largest absolute Gasteiger partial charge is 0.292 e. The molecule has 0 aliphatic heterocycles. The fourth-order valence-electron chi connectivity index (χ4n) is 2.12. The molecule has 0 aliphatic rings. The van der Waals surface area contributed by atoms with Crippen molar-refractivity contribution in [2.45, 2.75) is 5.88 Å². The van der Waals surface area contributed by atoms with Gasteiger partial charge >= 0.3 is 0 Å². The first-order valence-corrected chi connectivity index (χ1v) is 6.98. The molecule has 0 unspecified atom stereocenters. The van der Waals surface area contributed by atoms with Crippen LogP contribution in [0.3, 0.4) is 0 Å². The summed E-state index contributed by atoms with van der Waals surface area (Å²) in [6.45, 7) is 0. The first kappa shape index (κ1) is 12.8. The highest BCUT2D eigenvalue weighted by Gasteiger charge is 2.15. The van der Waals surface area contributed by atoms with E-state index in [1.807, 2.05) is 47.0 Å². The molecule has 2 aromatic carbocycles. The van der Waals surface area contributed by atoms with E-state index in [1.165, 1.54) is 0 Å². The van der Waals surface area contributed by atoms with Gasteiger partial charge in [-0.05, 0) is 24.3 Å². The van der Waals surface area contributed by atoms with E-state index in [9.17, 15) is 0 Å². The maximum atomic E-state index is 6.29. The van der Waals surface area contributed by atoms with E-state index >= 15 is 0 Å². The Balaban J connectivity index is 2.42. The fraction of sp³-hybridized carbons (Fsp3) is 0.0714. The van der Waals surface area contributed by atoms with Crippen molar-refractivity contribution in [1.82, 2.24) is 9.55 Å². The molecular formula is C14H9Cl3N2. The second-order valence-electron chi connectivity index (χ2n) is 4.06. The molecule has 3 aromatic rings. The van der Waals surface area contributed by atoms with Crippen molar-refractivity contribution in [3.8, 4) is 5.69 Å². The second-order valence-corrected chi connectivity index (χ2v) is 5.14. The molecule has 1 aromatic heterocycles. The number of imidazole rings is 1. The maximum absolute atomic E-state index is 6.29. The van der Waals surface area contributed by atoms with Crippen LogP contribution in [0.2, 0.25) is 10.0 Å².